The Morgan fingerprint density at radius 2 is 2.38 bits per heavy atom. The molecule has 1 amide bonds. The van der Waals surface area contributed by atoms with E-state index in [9.17, 15) is 4.79 Å². The maximum absolute atomic E-state index is 11.5. The molecule has 1 aliphatic rings. The number of nitrogens with zero attached hydrogens (tertiary/aromatic N) is 2. The average molecular weight is 240 g/mol. The van der Waals surface area contributed by atoms with Crippen molar-refractivity contribution in [1.82, 2.24) is 10.3 Å². The van der Waals surface area contributed by atoms with Gasteiger partial charge in [-0.05, 0) is 31.0 Å². The largest absolute Gasteiger partial charge is 0.357 e. The molecule has 1 aliphatic heterocycles. The number of anilines is 1. The molecule has 0 spiro atoms. The molecule has 0 saturated carbocycles. The lowest BCUT2D eigenvalue weighted by Gasteiger charge is -2.40. The van der Waals surface area contributed by atoms with Crippen LogP contribution in [-0.4, -0.2) is 30.5 Å². The summed E-state index contributed by atoms with van der Waals surface area (Å²) in [6.45, 7) is 2.82. The molecule has 1 atom stereocenters. The molecule has 5 heteroatoms. The van der Waals surface area contributed by atoms with E-state index in [1.54, 1.807) is 13.1 Å². The fraction of sp³-hybridized carbons (Fsp3) is 0.455. The summed E-state index contributed by atoms with van der Waals surface area (Å²) in [7, 11) is 1.65. The summed E-state index contributed by atoms with van der Waals surface area (Å²) in [5.74, 6) is 0.815. The van der Waals surface area contributed by atoms with Crippen molar-refractivity contribution < 1.29 is 4.79 Å². The second-order valence-electron chi connectivity index (χ2n) is 3.94. The van der Waals surface area contributed by atoms with E-state index in [0.717, 1.165) is 24.3 Å². The fourth-order valence-electron chi connectivity index (χ4n) is 1.86. The molecular weight excluding hydrogens is 226 g/mol. The highest BCUT2D eigenvalue weighted by molar-refractivity contribution is 6.29. The Balaban J connectivity index is 2.21. The van der Waals surface area contributed by atoms with Crippen LogP contribution in [-0.2, 0) is 4.79 Å². The zero-order chi connectivity index (χ0) is 11.7. The summed E-state index contributed by atoms with van der Waals surface area (Å²) in [4.78, 5) is 17.7. The molecule has 2 heterocycles. The molecule has 0 radical (unpaired) electrons. The third kappa shape index (κ3) is 1.97. The smallest absolute Gasteiger partial charge is 0.242 e. The molecule has 16 heavy (non-hydrogen) atoms. The van der Waals surface area contributed by atoms with Crippen LogP contribution < -0.4 is 10.2 Å². The monoisotopic (exact) mass is 239 g/mol. The standard InChI is InChI=1S/C11H14ClN3O/c1-7-5-9(12)14-10(6-7)15-4-3-8(15)11(16)13-2/h5-6,8H,3-4H2,1-2H3,(H,13,16)/t8-/m0/s1. The van der Waals surface area contributed by atoms with Gasteiger partial charge in [0.25, 0.3) is 0 Å². The predicted molar refractivity (Wildman–Crippen MR) is 63.8 cm³/mol. The second-order valence-corrected chi connectivity index (χ2v) is 4.32. The molecule has 1 aromatic rings. The maximum atomic E-state index is 11.5. The van der Waals surface area contributed by atoms with E-state index < -0.39 is 0 Å². The first-order valence-corrected chi connectivity index (χ1v) is 5.62. The highest BCUT2D eigenvalue weighted by atomic mass is 35.5. The molecule has 86 valence electrons. The van der Waals surface area contributed by atoms with Crippen LogP contribution in [0.15, 0.2) is 12.1 Å². The zero-order valence-corrected chi connectivity index (χ0v) is 10.1. The van der Waals surface area contributed by atoms with Crippen molar-refractivity contribution in [2.24, 2.45) is 0 Å². The van der Waals surface area contributed by atoms with Gasteiger partial charge < -0.3 is 10.2 Å². The van der Waals surface area contributed by atoms with Crippen molar-refractivity contribution in [1.29, 1.82) is 0 Å². The van der Waals surface area contributed by atoms with Crippen LogP contribution in [0.1, 0.15) is 12.0 Å². The number of hydrogen-bond acceptors (Lipinski definition) is 3. The van der Waals surface area contributed by atoms with E-state index in [-0.39, 0.29) is 11.9 Å². The molecule has 1 saturated heterocycles. The molecule has 1 N–H and O–H groups in total. The highest BCUT2D eigenvalue weighted by Gasteiger charge is 2.34. The van der Waals surface area contributed by atoms with Gasteiger partial charge in [0.15, 0.2) is 0 Å². The number of carbonyl (C=O) groups excluding carboxylic acids is 1. The van der Waals surface area contributed by atoms with E-state index in [0.29, 0.717) is 5.15 Å². The number of halogens is 1. The topological polar surface area (TPSA) is 45.2 Å². The Morgan fingerprint density at radius 1 is 1.62 bits per heavy atom. The van der Waals surface area contributed by atoms with Crippen LogP contribution >= 0.6 is 11.6 Å². The Morgan fingerprint density at radius 3 is 2.88 bits per heavy atom. The lowest BCUT2D eigenvalue weighted by molar-refractivity contribution is -0.123. The van der Waals surface area contributed by atoms with Crippen LogP contribution in [0.2, 0.25) is 5.15 Å². The van der Waals surface area contributed by atoms with Gasteiger partial charge in [0.2, 0.25) is 5.91 Å². The quantitative estimate of drug-likeness (QED) is 0.793. The van der Waals surface area contributed by atoms with Gasteiger partial charge in [0.05, 0.1) is 0 Å². The average Bonchev–Trinajstić information content (AvgIpc) is 2.14. The third-order valence-corrected chi connectivity index (χ3v) is 2.98. The van der Waals surface area contributed by atoms with Gasteiger partial charge in [0.1, 0.15) is 17.0 Å². The zero-order valence-electron chi connectivity index (χ0n) is 9.33. The Bertz CT molecular complexity index is 401. The Kier molecular flexibility index (Phi) is 3.01. The van der Waals surface area contributed by atoms with Gasteiger partial charge in [-0.2, -0.15) is 0 Å². The molecule has 2 rings (SSSR count). The molecule has 4 nitrogen and oxygen atoms in total. The van der Waals surface area contributed by atoms with Gasteiger partial charge in [-0.3, -0.25) is 4.79 Å². The molecule has 0 aliphatic carbocycles. The molecule has 0 aromatic carbocycles. The molecular formula is C11H14ClN3O. The van der Waals surface area contributed by atoms with Crippen molar-refractivity contribution in [3.8, 4) is 0 Å². The number of hydrogen-bond donors (Lipinski definition) is 1. The number of nitrogens with one attached hydrogen (secondary N) is 1. The summed E-state index contributed by atoms with van der Waals surface area (Å²) in [6, 6.07) is 3.65. The number of aryl methyl sites for hydroxylation is 1. The Labute approximate surface area is 99.6 Å². The van der Waals surface area contributed by atoms with E-state index >= 15 is 0 Å². The van der Waals surface area contributed by atoms with Gasteiger partial charge in [-0.1, -0.05) is 11.6 Å². The van der Waals surface area contributed by atoms with Crippen molar-refractivity contribution >= 4 is 23.3 Å². The first-order valence-electron chi connectivity index (χ1n) is 5.24. The van der Waals surface area contributed by atoms with Crippen molar-refractivity contribution in [3.05, 3.63) is 22.8 Å². The molecule has 1 aromatic heterocycles. The van der Waals surface area contributed by atoms with E-state index in [1.807, 2.05) is 17.9 Å². The lowest BCUT2D eigenvalue weighted by Crippen LogP contribution is -2.56. The molecule has 0 unspecified atom stereocenters. The number of likely N-dealkylation sites (N-methyl/N-ethyl adjacent to an activating group) is 1. The van der Waals surface area contributed by atoms with Crippen LogP contribution in [0, 0.1) is 6.92 Å². The van der Waals surface area contributed by atoms with Crippen LogP contribution in [0.4, 0.5) is 5.82 Å². The SMILES string of the molecule is CNC(=O)[C@@H]1CCN1c1cc(C)cc(Cl)n1. The number of aromatic nitrogens is 1. The fourth-order valence-corrected chi connectivity index (χ4v) is 2.11. The number of carbonyl (C=O) groups is 1. The number of amides is 1. The summed E-state index contributed by atoms with van der Waals surface area (Å²) >= 11 is 5.90. The second kappa shape index (κ2) is 4.29. The summed E-state index contributed by atoms with van der Waals surface area (Å²) in [6.07, 6.45) is 0.868. The van der Waals surface area contributed by atoms with E-state index in [2.05, 4.69) is 10.3 Å². The van der Waals surface area contributed by atoms with Crippen LogP contribution in [0.3, 0.4) is 0 Å². The van der Waals surface area contributed by atoms with Crippen LogP contribution in [0.25, 0.3) is 0 Å². The minimum atomic E-state index is -0.102. The minimum absolute atomic E-state index is 0.0330. The van der Waals surface area contributed by atoms with Crippen LogP contribution in [0.5, 0.6) is 0 Å². The number of pyridine rings is 1. The number of rotatable bonds is 2. The first kappa shape index (κ1) is 11.2. The maximum Gasteiger partial charge on any atom is 0.242 e. The van der Waals surface area contributed by atoms with Crippen molar-refractivity contribution in [2.45, 2.75) is 19.4 Å². The highest BCUT2D eigenvalue weighted by Crippen LogP contribution is 2.26. The molecule has 0 bridgehead atoms. The van der Waals surface area contributed by atoms with Gasteiger partial charge in [-0.15, -0.1) is 0 Å². The lowest BCUT2D eigenvalue weighted by atomic mass is 10.0. The van der Waals surface area contributed by atoms with Crippen molar-refractivity contribution in [2.75, 3.05) is 18.5 Å². The van der Waals surface area contributed by atoms with Gasteiger partial charge >= 0.3 is 0 Å². The summed E-state index contributed by atoms with van der Waals surface area (Å²) in [5.41, 5.74) is 1.05. The Hall–Kier alpha value is -1.29. The normalized spacial score (nSPS) is 19.2. The van der Waals surface area contributed by atoms with Crippen molar-refractivity contribution in [3.63, 3.8) is 0 Å². The predicted octanol–water partition coefficient (Wildman–Crippen LogP) is 1.37. The first-order chi connectivity index (χ1) is 7.61. The molecule has 1 fully saturated rings. The third-order valence-electron chi connectivity index (χ3n) is 2.79. The van der Waals surface area contributed by atoms with E-state index in [4.69, 9.17) is 11.6 Å². The summed E-state index contributed by atoms with van der Waals surface area (Å²) in [5, 5.41) is 3.12. The summed E-state index contributed by atoms with van der Waals surface area (Å²) < 4.78 is 0. The minimum Gasteiger partial charge on any atom is -0.357 e. The van der Waals surface area contributed by atoms with E-state index in [1.165, 1.54) is 0 Å². The van der Waals surface area contributed by atoms with Gasteiger partial charge in [0, 0.05) is 13.6 Å². The van der Waals surface area contributed by atoms with Gasteiger partial charge in [-0.25, -0.2) is 4.98 Å².